The molecule has 1 heterocycles. The van der Waals surface area contributed by atoms with Crippen molar-refractivity contribution in [2.24, 2.45) is 4.99 Å². The van der Waals surface area contributed by atoms with E-state index in [9.17, 15) is 0 Å². The van der Waals surface area contributed by atoms with Gasteiger partial charge in [0.1, 0.15) is 5.75 Å². The van der Waals surface area contributed by atoms with Crippen molar-refractivity contribution in [2.45, 2.75) is 6.92 Å². The number of aromatic nitrogens is 1. The lowest BCUT2D eigenvalue weighted by Crippen LogP contribution is -1.94. The largest absolute Gasteiger partial charge is 0.493 e. The van der Waals surface area contributed by atoms with Crippen molar-refractivity contribution in [1.29, 1.82) is 0 Å². The highest BCUT2D eigenvalue weighted by Crippen LogP contribution is 2.23. The Bertz CT molecular complexity index is 830. The molecule has 0 spiro atoms. The molecule has 0 amide bonds. The third kappa shape index (κ3) is 3.44. The first-order chi connectivity index (χ1) is 10.8. The second kappa shape index (κ2) is 6.87. The predicted octanol–water partition coefficient (Wildman–Crippen LogP) is 4.99. The van der Waals surface area contributed by atoms with Gasteiger partial charge in [-0.3, -0.25) is 9.98 Å². The number of hydrogen-bond donors (Lipinski definition) is 0. The van der Waals surface area contributed by atoms with Crippen LogP contribution in [0.1, 0.15) is 12.5 Å². The molecule has 3 rings (SSSR count). The molecule has 3 aromatic rings. The van der Waals surface area contributed by atoms with E-state index in [2.05, 4.69) is 38.6 Å². The Labute approximate surface area is 143 Å². The zero-order chi connectivity index (χ0) is 15.4. The fraction of sp³-hybridized carbons (Fsp3) is 0.111. The smallest absolute Gasteiger partial charge is 0.132 e. The van der Waals surface area contributed by atoms with Crippen LogP contribution in [0.2, 0.25) is 0 Å². The second-order valence-corrected chi connectivity index (χ2v) is 5.92. The summed E-state index contributed by atoms with van der Waals surface area (Å²) in [4.78, 5) is 8.86. The van der Waals surface area contributed by atoms with Crippen LogP contribution in [0.3, 0.4) is 0 Å². The second-order valence-electron chi connectivity index (χ2n) is 4.76. The SMILES string of the molecule is CCOc1ccc(C=Nc2ccc3ncccc3c2)cc1I. The van der Waals surface area contributed by atoms with Gasteiger partial charge in [-0.25, -0.2) is 0 Å². The van der Waals surface area contributed by atoms with Gasteiger partial charge in [-0.1, -0.05) is 6.07 Å². The van der Waals surface area contributed by atoms with Crippen LogP contribution in [0.25, 0.3) is 10.9 Å². The Morgan fingerprint density at radius 1 is 1.18 bits per heavy atom. The van der Waals surface area contributed by atoms with Gasteiger partial charge in [0.15, 0.2) is 0 Å². The number of pyridine rings is 1. The van der Waals surface area contributed by atoms with Gasteiger partial charge in [0, 0.05) is 17.8 Å². The summed E-state index contributed by atoms with van der Waals surface area (Å²) in [6.07, 6.45) is 3.67. The fourth-order valence-corrected chi connectivity index (χ4v) is 2.86. The van der Waals surface area contributed by atoms with Gasteiger partial charge in [-0.15, -0.1) is 0 Å². The van der Waals surface area contributed by atoms with Crippen molar-refractivity contribution in [3.8, 4) is 5.75 Å². The van der Waals surface area contributed by atoms with Gasteiger partial charge in [0.2, 0.25) is 0 Å². The first kappa shape index (κ1) is 15.0. The first-order valence-corrected chi connectivity index (χ1v) is 8.15. The first-order valence-electron chi connectivity index (χ1n) is 7.07. The molecule has 0 atom stereocenters. The molecular weight excluding hydrogens is 387 g/mol. The molecule has 1 aromatic heterocycles. The zero-order valence-corrected chi connectivity index (χ0v) is 14.3. The maximum Gasteiger partial charge on any atom is 0.132 e. The van der Waals surface area contributed by atoms with Gasteiger partial charge in [0.05, 0.1) is 21.4 Å². The van der Waals surface area contributed by atoms with Crippen LogP contribution in [-0.4, -0.2) is 17.8 Å². The number of hydrogen-bond acceptors (Lipinski definition) is 3. The normalized spacial score (nSPS) is 11.2. The minimum atomic E-state index is 0.675. The molecule has 0 unspecified atom stereocenters. The number of halogens is 1. The summed E-state index contributed by atoms with van der Waals surface area (Å²) in [5, 5.41) is 1.10. The van der Waals surface area contributed by atoms with E-state index >= 15 is 0 Å². The van der Waals surface area contributed by atoms with Crippen molar-refractivity contribution in [3.05, 3.63) is 63.9 Å². The van der Waals surface area contributed by atoms with E-state index in [1.165, 1.54) is 0 Å². The molecule has 22 heavy (non-hydrogen) atoms. The summed E-state index contributed by atoms with van der Waals surface area (Å²) in [5.74, 6) is 0.914. The Morgan fingerprint density at radius 3 is 2.91 bits per heavy atom. The molecule has 0 saturated carbocycles. The van der Waals surface area contributed by atoms with Crippen LogP contribution in [0, 0.1) is 3.57 Å². The number of benzene rings is 2. The summed E-state index contributed by atoms with van der Waals surface area (Å²) >= 11 is 2.28. The van der Waals surface area contributed by atoms with Crippen LogP contribution < -0.4 is 4.74 Å². The van der Waals surface area contributed by atoms with Crippen molar-refractivity contribution in [3.63, 3.8) is 0 Å². The van der Waals surface area contributed by atoms with Gasteiger partial charge >= 0.3 is 0 Å². The molecule has 2 aromatic carbocycles. The molecular formula is C18H15IN2O. The van der Waals surface area contributed by atoms with Gasteiger partial charge < -0.3 is 4.74 Å². The van der Waals surface area contributed by atoms with Crippen molar-refractivity contribution in [1.82, 2.24) is 4.98 Å². The number of ether oxygens (including phenoxy) is 1. The Balaban J connectivity index is 1.84. The summed E-state index contributed by atoms with van der Waals surface area (Å²) in [5.41, 5.74) is 2.96. The number of rotatable bonds is 4. The highest BCUT2D eigenvalue weighted by atomic mass is 127. The average molecular weight is 402 g/mol. The lowest BCUT2D eigenvalue weighted by atomic mass is 10.2. The third-order valence-corrected chi connectivity index (χ3v) is 4.05. The van der Waals surface area contributed by atoms with Crippen LogP contribution in [0.15, 0.2) is 59.7 Å². The van der Waals surface area contributed by atoms with Crippen molar-refractivity contribution >= 4 is 45.4 Å². The zero-order valence-electron chi connectivity index (χ0n) is 12.2. The number of aliphatic imine (C=N–C) groups is 1. The third-order valence-electron chi connectivity index (χ3n) is 3.21. The molecule has 0 N–H and O–H groups in total. The maximum absolute atomic E-state index is 5.54. The number of nitrogens with zero attached hydrogens (tertiary/aromatic N) is 2. The molecule has 0 aliphatic heterocycles. The minimum absolute atomic E-state index is 0.675. The van der Waals surface area contributed by atoms with E-state index in [0.29, 0.717) is 6.61 Å². The van der Waals surface area contributed by atoms with Gasteiger partial charge in [0.25, 0.3) is 0 Å². The summed E-state index contributed by atoms with van der Waals surface area (Å²) < 4.78 is 6.63. The molecule has 110 valence electrons. The van der Waals surface area contributed by atoms with Crippen LogP contribution in [-0.2, 0) is 0 Å². The molecule has 3 nitrogen and oxygen atoms in total. The highest BCUT2D eigenvalue weighted by molar-refractivity contribution is 14.1. The van der Waals surface area contributed by atoms with Crippen LogP contribution in [0.4, 0.5) is 5.69 Å². The van der Waals surface area contributed by atoms with E-state index in [4.69, 9.17) is 4.74 Å². The molecule has 0 fully saturated rings. The van der Waals surface area contributed by atoms with Crippen molar-refractivity contribution < 1.29 is 4.74 Å². The Hall–Kier alpha value is -1.95. The van der Waals surface area contributed by atoms with Crippen molar-refractivity contribution in [2.75, 3.05) is 6.61 Å². The lowest BCUT2D eigenvalue weighted by Gasteiger charge is -2.05. The van der Waals surface area contributed by atoms with Gasteiger partial charge in [-0.2, -0.15) is 0 Å². The molecule has 0 radical (unpaired) electrons. The topological polar surface area (TPSA) is 34.5 Å². The Morgan fingerprint density at radius 2 is 2.09 bits per heavy atom. The van der Waals surface area contributed by atoms with E-state index in [1.54, 1.807) is 6.20 Å². The molecule has 0 aliphatic rings. The summed E-state index contributed by atoms with van der Waals surface area (Å²) in [7, 11) is 0. The highest BCUT2D eigenvalue weighted by Gasteiger charge is 2.01. The molecule has 0 saturated heterocycles. The molecule has 0 bridgehead atoms. The van der Waals surface area contributed by atoms with E-state index in [-0.39, 0.29) is 0 Å². The molecule has 4 heteroatoms. The maximum atomic E-state index is 5.54. The lowest BCUT2D eigenvalue weighted by molar-refractivity contribution is 0.338. The van der Waals surface area contributed by atoms with Gasteiger partial charge in [-0.05, 0) is 77.5 Å². The average Bonchev–Trinajstić information content (AvgIpc) is 2.55. The molecule has 0 aliphatic carbocycles. The Kier molecular flexibility index (Phi) is 4.68. The summed E-state index contributed by atoms with van der Waals surface area (Å²) in [6.45, 7) is 2.66. The minimum Gasteiger partial charge on any atom is -0.493 e. The number of fused-ring (bicyclic) bond motifs is 1. The predicted molar refractivity (Wildman–Crippen MR) is 99.3 cm³/mol. The van der Waals surface area contributed by atoms with E-state index < -0.39 is 0 Å². The van der Waals surface area contributed by atoms with E-state index in [1.807, 2.05) is 55.6 Å². The van der Waals surface area contributed by atoms with E-state index in [0.717, 1.165) is 31.5 Å². The van der Waals surface area contributed by atoms with Crippen LogP contribution in [0.5, 0.6) is 5.75 Å². The summed E-state index contributed by atoms with van der Waals surface area (Å²) in [6, 6.07) is 16.0. The monoisotopic (exact) mass is 402 g/mol. The van der Waals surface area contributed by atoms with Crippen LogP contribution >= 0.6 is 22.6 Å². The standard InChI is InChI=1S/C18H15IN2O/c1-2-22-18-8-5-13(10-16(18)19)12-21-15-6-7-17-14(11-15)4-3-9-20-17/h3-12H,2H2,1H3. The fourth-order valence-electron chi connectivity index (χ4n) is 2.16. The quantitative estimate of drug-likeness (QED) is 0.455.